The lowest BCUT2D eigenvalue weighted by molar-refractivity contribution is -0.135. The van der Waals surface area contributed by atoms with E-state index in [1.807, 2.05) is 54.6 Å². The second-order valence-electron chi connectivity index (χ2n) is 15.4. The Morgan fingerprint density at radius 2 is 1.34 bits per heavy atom. The molecule has 0 saturated carbocycles. The lowest BCUT2D eigenvalue weighted by atomic mass is 9.94. The highest BCUT2D eigenvalue weighted by Gasteiger charge is 2.34. The number of ether oxygens (including phenoxy) is 2. The molecule has 8 aromatic rings. The molecule has 1 amide bonds. The molecule has 342 valence electrons. The van der Waals surface area contributed by atoms with Crippen molar-refractivity contribution in [3.63, 3.8) is 0 Å². The number of halogens is 3. The third-order valence-electron chi connectivity index (χ3n) is 11.1. The number of esters is 2. The molecule has 68 heavy (non-hydrogen) atoms. The maximum absolute atomic E-state index is 14.0. The first-order chi connectivity index (χ1) is 33.1. The van der Waals surface area contributed by atoms with Crippen LogP contribution in [-0.2, 0) is 20.8 Å². The number of carbonyl (C=O) groups is 3. The van der Waals surface area contributed by atoms with E-state index in [4.69, 9.17) is 49.3 Å². The molecule has 4 aromatic carbocycles. The van der Waals surface area contributed by atoms with Crippen LogP contribution in [0.2, 0.25) is 15.1 Å². The zero-order valence-corrected chi connectivity index (χ0v) is 39.3. The minimum atomic E-state index is -0.940. The number of carbonyl (C=O) groups excluding carboxylic acids is 3. The summed E-state index contributed by atoms with van der Waals surface area (Å²) >= 11 is 20.6. The fourth-order valence-electron chi connectivity index (χ4n) is 7.81. The van der Waals surface area contributed by atoms with Crippen LogP contribution in [-0.4, -0.2) is 56.0 Å². The van der Waals surface area contributed by atoms with Gasteiger partial charge in [0.25, 0.3) is 0 Å². The van der Waals surface area contributed by atoms with Gasteiger partial charge in [0.15, 0.2) is 11.5 Å². The molecular formula is C52H43Cl3N8O5. The van der Waals surface area contributed by atoms with E-state index >= 15 is 0 Å². The first-order valence-electron chi connectivity index (χ1n) is 21.7. The van der Waals surface area contributed by atoms with Crippen molar-refractivity contribution >= 4 is 92.3 Å². The summed E-state index contributed by atoms with van der Waals surface area (Å²) in [6.07, 6.45) is 9.98. The number of hydrogen-bond acceptors (Lipinski definition) is 12. The first kappa shape index (κ1) is 47.2. The van der Waals surface area contributed by atoms with Gasteiger partial charge in [-0.25, -0.2) is 9.97 Å². The van der Waals surface area contributed by atoms with Crippen molar-refractivity contribution in [2.24, 2.45) is 4.99 Å². The number of fused-ring (bicyclic) bond motifs is 2. The summed E-state index contributed by atoms with van der Waals surface area (Å²) in [5.41, 5.74) is 4.27. The number of nitrogens with one attached hydrogen (secondary N) is 1. The van der Waals surface area contributed by atoms with Gasteiger partial charge in [-0.3, -0.25) is 39.2 Å². The van der Waals surface area contributed by atoms with E-state index in [9.17, 15) is 14.4 Å². The number of anilines is 2. The molecule has 0 bridgehead atoms. The summed E-state index contributed by atoms with van der Waals surface area (Å²) in [5, 5.41) is 5.88. The number of hydrogen-bond donors (Lipinski definition) is 1. The van der Waals surface area contributed by atoms with Gasteiger partial charge in [-0.1, -0.05) is 121 Å². The van der Waals surface area contributed by atoms with Crippen LogP contribution in [0.3, 0.4) is 0 Å². The topological polar surface area (TPSA) is 162 Å². The first-order valence-corrected chi connectivity index (χ1v) is 22.8. The third kappa shape index (κ3) is 10.2. The summed E-state index contributed by atoms with van der Waals surface area (Å²) in [6, 6.07) is 29.1. The summed E-state index contributed by atoms with van der Waals surface area (Å²) in [5.74, 6) is -0.107. The smallest absolute Gasteiger partial charge is 0.311 e. The zero-order valence-electron chi connectivity index (χ0n) is 37.1. The Labute approximate surface area is 407 Å². The van der Waals surface area contributed by atoms with Gasteiger partial charge in [-0.05, 0) is 41.5 Å². The van der Waals surface area contributed by atoms with E-state index in [0.29, 0.717) is 66.6 Å². The molecular weight excluding hydrogens is 923 g/mol. The number of aliphatic imine (C=N–C) groups is 1. The summed E-state index contributed by atoms with van der Waals surface area (Å²) < 4.78 is 12.3. The van der Waals surface area contributed by atoms with E-state index in [1.54, 1.807) is 107 Å². The van der Waals surface area contributed by atoms with Crippen LogP contribution in [0.5, 0.6) is 11.5 Å². The normalized spacial score (nSPS) is 12.2. The molecule has 0 aliphatic carbocycles. The van der Waals surface area contributed by atoms with Crippen LogP contribution in [0.25, 0.3) is 21.8 Å². The summed E-state index contributed by atoms with van der Waals surface area (Å²) in [6.45, 7) is 3.48. The number of pyridine rings is 3. The molecule has 0 aliphatic heterocycles. The Bertz CT molecular complexity index is 3180. The molecule has 0 radical (unpaired) electrons. The number of aryl methyl sites for hydroxylation is 1. The minimum absolute atomic E-state index is 0.0925. The van der Waals surface area contributed by atoms with Crippen molar-refractivity contribution in [1.29, 1.82) is 0 Å². The minimum Gasteiger partial charge on any atom is -0.424 e. The van der Waals surface area contributed by atoms with E-state index in [-0.39, 0.29) is 53.1 Å². The second kappa shape index (κ2) is 21.5. The lowest BCUT2D eigenvalue weighted by Gasteiger charge is -2.33. The fourth-order valence-corrected chi connectivity index (χ4v) is 8.51. The van der Waals surface area contributed by atoms with Gasteiger partial charge >= 0.3 is 11.9 Å². The molecule has 4 aromatic heterocycles. The van der Waals surface area contributed by atoms with Crippen LogP contribution in [0.15, 0.2) is 139 Å². The molecule has 8 rings (SSSR count). The zero-order chi connectivity index (χ0) is 47.7. The molecule has 16 heteroatoms. The van der Waals surface area contributed by atoms with Crippen molar-refractivity contribution < 1.29 is 23.9 Å². The Morgan fingerprint density at radius 1 is 0.662 bits per heavy atom. The summed E-state index contributed by atoms with van der Waals surface area (Å²) in [7, 11) is 1.66. The van der Waals surface area contributed by atoms with E-state index in [1.165, 1.54) is 4.90 Å². The number of rotatable bonds is 16. The van der Waals surface area contributed by atoms with Crippen molar-refractivity contribution in [3.05, 3.63) is 183 Å². The largest absolute Gasteiger partial charge is 0.424 e. The number of benzene rings is 4. The molecule has 2 atom stereocenters. The number of amides is 1. The van der Waals surface area contributed by atoms with Gasteiger partial charge < -0.3 is 14.8 Å². The van der Waals surface area contributed by atoms with Gasteiger partial charge in [-0.2, -0.15) is 0 Å². The maximum Gasteiger partial charge on any atom is 0.311 e. The van der Waals surface area contributed by atoms with Crippen LogP contribution in [0.4, 0.5) is 11.6 Å². The van der Waals surface area contributed by atoms with Crippen molar-refractivity contribution in [2.45, 2.75) is 51.6 Å². The average Bonchev–Trinajstić information content (AvgIpc) is 3.37. The predicted molar refractivity (Wildman–Crippen MR) is 266 cm³/mol. The Hall–Kier alpha value is -7.32. The molecule has 2 unspecified atom stereocenters. The predicted octanol–water partition coefficient (Wildman–Crippen LogP) is 11.6. The Morgan fingerprint density at radius 3 is 2.00 bits per heavy atom. The van der Waals surface area contributed by atoms with Gasteiger partial charge in [-0.15, -0.1) is 0 Å². The van der Waals surface area contributed by atoms with Crippen LogP contribution in [0, 0.1) is 0 Å². The van der Waals surface area contributed by atoms with Gasteiger partial charge in [0.05, 0.1) is 51.7 Å². The van der Waals surface area contributed by atoms with E-state index < -0.39 is 24.0 Å². The van der Waals surface area contributed by atoms with Crippen LogP contribution < -0.4 is 19.7 Å². The average molecular weight is 966 g/mol. The second-order valence-corrected chi connectivity index (χ2v) is 16.5. The lowest BCUT2D eigenvalue weighted by Crippen LogP contribution is -2.36. The maximum atomic E-state index is 14.0. The highest BCUT2D eigenvalue weighted by molar-refractivity contribution is 6.42. The molecule has 0 spiro atoms. The molecule has 13 nitrogen and oxygen atoms in total. The highest BCUT2D eigenvalue weighted by atomic mass is 35.5. The van der Waals surface area contributed by atoms with E-state index in [0.717, 1.165) is 5.39 Å². The molecule has 4 heterocycles. The fraction of sp³-hybridized carbons (Fsp3) is 0.173. The van der Waals surface area contributed by atoms with Gasteiger partial charge in [0.1, 0.15) is 22.7 Å². The standard InChI is InChI=1S/C52H43Cl3N8O5/c1-4-42(64)63(41-18-6-7-25-57-41)50(36-16-9-17-39(53)46(36)55)38-23-20-32-14-11-27-59-48(32)52(38)68-44(66)24-21-34-29-61-40(30-60-34)62-49(35-15-8-12-33(28-56-3)45(35)54)37-22-19-31-13-10-26-58-47(31)51(37)67-43(65)5-2/h6-20,22-23,25-30,49-50H,4-5,21,24H2,1-3H3,(H,61,62)/b56-28-. The highest BCUT2D eigenvalue weighted by Crippen LogP contribution is 2.45. The number of nitrogens with zero attached hydrogens (tertiary/aromatic N) is 7. The molecule has 1 N–H and O–H groups in total. The van der Waals surface area contributed by atoms with Crippen molar-refractivity contribution in [3.8, 4) is 11.5 Å². The quantitative estimate of drug-likeness (QED) is 0.0557. The molecule has 0 fully saturated rings. The molecule has 0 aliphatic rings. The number of aromatic nitrogens is 5. The molecule has 0 saturated heterocycles. The Balaban J connectivity index is 1.10. The van der Waals surface area contributed by atoms with Gasteiger partial charge in [0.2, 0.25) is 5.91 Å². The van der Waals surface area contributed by atoms with Crippen molar-refractivity contribution in [1.82, 2.24) is 24.9 Å². The Kier molecular flexibility index (Phi) is 14.9. The third-order valence-corrected chi connectivity index (χ3v) is 12.3. The monoisotopic (exact) mass is 964 g/mol. The van der Waals surface area contributed by atoms with Crippen molar-refractivity contribution in [2.75, 3.05) is 17.3 Å². The summed E-state index contributed by atoms with van der Waals surface area (Å²) in [4.78, 5) is 69.7. The van der Waals surface area contributed by atoms with Gasteiger partial charge in [0, 0.05) is 78.6 Å². The van der Waals surface area contributed by atoms with Crippen LogP contribution in [0.1, 0.15) is 78.7 Å². The van der Waals surface area contributed by atoms with E-state index in [2.05, 4.69) is 30.2 Å². The SMILES string of the molecule is CCC(=O)Oc1c(C(Nc2cnc(CCC(=O)Oc3c(C(c4cccc(Cl)c4Cl)N(C(=O)CC)c4ccccn4)ccc4cccnc34)cn2)c2cccc(/C=N\C)c2Cl)ccc2cccnc12. The van der Waals surface area contributed by atoms with Crippen LogP contribution >= 0.6 is 34.8 Å².